The van der Waals surface area contributed by atoms with E-state index in [1.54, 1.807) is 0 Å². The molecule has 2 aromatic carbocycles. The van der Waals surface area contributed by atoms with Gasteiger partial charge in [-0.3, -0.25) is 4.79 Å². The maximum atomic E-state index is 12.2. The van der Waals surface area contributed by atoms with Crippen LogP contribution in [0.2, 0.25) is 0 Å². The molecule has 4 nitrogen and oxygen atoms in total. The highest BCUT2D eigenvalue weighted by molar-refractivity contribution is 8.18. The van der Waals surface area contributed by atoms with E-state index in [9.17, 15) is 4.79 Å². The molecule has 1 amide bonds. The van der Waals surface area contributed by atoms with Crippen LogP contribution < -0.4 is 10.1 Å². The fourth-order valence-corrected chi connectivity index (χ4v) is 3.36. The molecule has 0 radical (unpaired) electrons. The molecule has 1 aliphatic heterocycles. The van der Waals surface area contributed by atoms with Gasteiger partial charge in [-0.1, -0.05) is 48.5 Å². The first-order valence-corrected chi connectivity index (χ1v) is 9.22. The maximum Gasteiger partial charge on any atom is 0.264 e. The topological polar surface area (TPSA) is 50.7 Å². The molecule has 1 saturated heterocycles. The highest BCUT2D eigenvalue weighted by Crippen LogP contribution is 2.31. The molecule has 0 aromatic heterocycles. The summed E-state index contributed by atoms with van der Waals surface area (Å²) in [5.74, 6) is 0.568. The smallest absolute Gasteiger partial charge is 0.264 e. The number of amides is 1. The van der Waals surface area contributed by atoms with Gasteiger partial charge in [-0.15, -0.1) is 0 Å². The van der Waals surface area contributed by atoms with Crippen LogP contribution in [0.25, 0.3) is 6.08 Å². The summed E-state index contributed by atoms with van der Waals surface area (Å²) in [6, 6.07) is 17.6. The standard InChI is InChI=1S/C21H20N2O2S/c1-3-25-18-12-8-7-11-17(18)22-21-23-20(24)19(26-21)14-15(2)13-16-9-5-4-6-10-16/h4-14H,3H2,1-2H3,(H,22,23,24)/b15-13+,19-14-. The lowest BCUT2D eigenvalue weighted by Gasteiger charge is -2.06. The van der Waals surface area contributed by atoms with Crippen molar-refractivity contribution in [1.29, 1.82) is 0 Å². The van der Waals surface area contributed by atoms with E-state index in [0.717, 1.165) is 11.1 Å². The van der Waals surface area contributed by atoms with Crippen molar-refractivity contribution in [3.8, 4) is 5.75 Å². The minimum Gasteiger partial charge on any atom is -0.492 e. The number of hydrogen-bond acceptors (Lipinski definition) is 4. The quantitative estimate of drug-likeness (QED) is 0.766. The lowest BCUT2D eigenvalue weighted by atomic mass is 10.1. The lowest BCUT2D eigenvalue weighted by Crippen LogP contribution is -2.19. The normalized spacial score (nSPS) is 17.6. The van der Waals surface area contributed by atoms with E-state index in [0.29, 0.717) is 28.1 Å². The monoisotopic (exact) mass is 364 g/mol. The average molecular weight is 364 g/mol. The molecule has 1 aliphatic rings. The van der Waals surface area contributed by atoms with Crippen LogP contribution >= 0.6 is 11.8 Å². The second kappa shape index (κ2) is 8.54. The number of allylic oxidation sites excluding steroid dienone is 2. The molecular weight excluding hydrogens is 344 g/mol. The van der Waals surface area contributed by atoms with Gasteiger partial charge < -0.3 is 10.1 Å². The molecule has 0 spiro atoms. The van der Waals surface area contributed by atoms with Crippen LogP contribution in [0.4, 0.5) is 5.69 Å². The van der Waals surface area contributed by atoms with Crippen LogP contribution in [0.1, 0.15) is 19.4 Å². The maximum absolute atomic E-state index is 12.2. The molecule has 0 unspecified atom stereocenters. The number of amidine groups is 1. The molecule has 1 fully saturated rings. The Hall–Kier alpha value is -2.79. The molecule has 132 valence electrons. The Morgan fingerprint density at radius 3 is 2.65 bits per heavy atom. The number of rotatable bonds is 5. The first kappa shape index (κ1) is 18.0. The Morgan fingerprint density at radius 1 is 1.15 bits per heavy atom. The minimum absolute atomic E-state index is 0.136. The van der Waals surface area contributed by atoms with Crippen molar-refractivity contribution in [1.82, 2.24) is 5.32 Å². The Bertz CT molecular complexity index is 886. The van der Waals surface area contributed by atoms with E-state index < -0.39 is 0 Å². The summed E-state index contributed by atoms with van der Waals surface area (Å²) in [7, 11) is 0. The summed E-state index contributed by atoms with van der Waals surface area (Å²) in [5, 5.41) is 3.37. The zero-order valence-corrected chi connectivity index (χ0v) is 15.5. The summed E-state index contributed by atoms with van der Waals surface area (Å²) in [4.78, 5) is 17.4. The van der Waals surface area contributed by atoms with Crippen molar-refractivity contribution in [3.63, 3.8) is 0 Å². The summed E-state index contributed by atoms with van der Waals surface area (Å²) in [6.45, 7) is 4.47. The van der Waals surface area contributed by atoms with E-state index in [2.05, 4.69) is 10.3 Å². The number of aliphatic imine (C=N–C) groups is 1. The highest BCUT2D eigenvalue weighted by atomic mass is 32.2. The molecule has 0 saturated carbocycles. The Balaban J connectivity index is 1.79. The third-order valence-corrected chi connectivity index (χ3v) is 4.50. The predicted molar refractivity (Wildman–Crippen MR) is 109 cm³/mol. The number of para-hydroxylation sites is 2. The fraction of sp³-hybridized carbons (Fsp3) is 0.143. The number of carbonyl (C=O) groups excluding carboxylic acids is 1. The van der Waals surface area contributed by atoms with Gasteiger partial charge in [0.05, 0.1) is 11.5 Å². The molecule has 0 bridgehead atoms. The molecule has 26 heavy (non-hydrogen) atoms. The van der Waals surface area contributed by atoms with Crippen molar-refractivity contribution in [2.24, 2.45) is 4.99 Å². The molecule has 0 aliphatic carbocycles. The fourth-order valence-electron chi connectivity index (χ4n) is 2.48. The van der Waals surface area contributed by atoms with Gasteiger partial charge >= 0.3 is 0 Å². The number of ether oxygens (including phenoxy) is 1. The van der Waals surface area contributed by atoms with E-state index in [4.69, 9.17) is 4.74 Å². The van der Waals surface area contributed by atoms with Crippen molar-refractivity contribution in [2.75, 3.05) is 6.61 Å². The van der Waals surface area contributed by atoms with Gasteiger partial charge in [0, 0.05) is 0 Å². The molecule has 2 aromatic rings. The third kappa shape index (κ3) is 4.64. The van der Waals surface area contributed by atoms with Crippen LogP contribution in [0.3, 0.4) is 0 Å². The van der Waals surface area contributed by atoms with Gasteiger partial charge in [-0.25, -0.2) is 4.99 Å². The number of thioether (sulfide) groups is 1. The van der Waals surface area contributed by atoms with Gasteiger partial charge in [-0.2, -0.15) is 0 Å². The second-order valence-corrected chi connectivity index (χ2v) is 6.71. The highest BCUT2D eigenvalue weighted by Gasteiger charge is 2.24. The van der Waals surface area contributed by atoms with Gasteiger partial charge in [-0.05, 0) is 55.0 Å². The van der Waals surface area contributed by atoms with Gasteiger partial charge in [0.15, 0.2) is 5.17 Å². The third-order valence-electron chi connectivity index (χ3n) is 3.59. The zero-order valence-electron chi connectivity index (χ0n) is 14.7. The van der Waals surface area contributed by atoms with Crippen LogP contribution in [-0.4, -0.2) is 17.7 Å². The van der Waals surface area contributed by atoms with Crippen LogP contribution in [0.15, 0.2) is 76.1 Å². The Morgan fingerprint density at radius 2 is 1.88 bits per heavy atom. The van der Waals surface area contributed by atoms with E-state index >= 15 is 0 Å². The molecule has 3 rings (SSSR count). The van der Waals surface area contributed by atoms with Crippen molar-refractivity contribution < 1.29 is 9.53 Å². The predicted octanol–water partition coefficient (Wildman–Crippen LogP) is 4.92. The lowest BCUT2D eigenvalue weighted by molar-refractivity contribution is -0.115. The summed E-state index contributed by atoms with van der Waals surface area (Å²) in [6.07, 6.45) is 3.92. The number of nitrogens with one attached hydrogen (secondary N) is 1. The van der Waals surface area contributed by atoms with Gasteiger partial charge in [0.25, 0.3) is 5.91 Å². The SMILES string of the molecule is CCOc1ccccc1N=C1NC(=O)/C(=C/C(C)=C/c2ccccc2)S1. The largest absolute Gasteiger partial charge is 0.492 e. The minimum atomic E-state index is -0.136. The summed E-state index contributed by atoms with van der Waals surface area (Å²) in [5.41, 5.74) is 2.81. The zero-order chi connectivity index (χ0) is 18.4. The van der Waals surface area contributed by atoms with E-state index in [1.165, 1.54) is 11.8 Å². The van der Waals surface area contributed by atoms with Crippen molar-refractivity contribution in [2.45, 2.75) is 13.8 Å². The summed E-state index contributed by atoms with van der Waals surface area (Å²) < 4.78 is 5.58. The number of carbonyl (C=O) groups is 1. The van der Waals surface area contributed by atoms with Crippen LogP contribution in [-0.2, 0) is 4.79 Å². The molecule has 5 heteroatoms. The first-order chi connectivity index (χ1) is 12.7. The van der Waals surface area contributed by atoms with Crippen LogP contribution in [0, 0.1) is 0 Å². The van der Waals surface area contributed by atoms with Crippen LogP contribution in [0.5, 0.6) is 5.75 Å². The second-order valence-electron chi connectivity index (χ2n) is 5.68. The number of nitrogens with zero attached hydrogens (tertiary/aromatic N) is 1. The van der Waals surface area contributed by atoms with Gasteiger partial charge in [0.1, 0.15) is 11.4 Å². The summed E-state index contributed by atoms with van der Waals surface area (Å²) >= 11 is 1.33. The van der Waals surface area contributed by atoms with Crippen molar-refractivity contribution >= 4 is 34.6 Å². The Kier molecular flexibility index (Phi) is 5.92. The number of hydrogen-bond donors (Lipinski definition) is 1. The van der Waals surface area contributed by atoms with E-state index in [1.807, 2.05) is 80.6 Å². The molecule has 0 atom stereocenters. The van der Waals surface area contributed by atoms with E-state index in [-0.39, 0.29) is 5.91 Å². The molecule has 1 heterocycles. The van der Waals surface area contributed by atoms with Gasteiger partial charge in [0.2, 0.25) is 0 Å². The molecular formula is C21H20N2O2S. The first-order valence-electron chi connectivity index (χ1n) is 8.40. The Labute approximate surface area is 157 Å². The van der Waals surface area contributed by atoms with Crippen molar-refractivity contribution in [3.05, 3.63) is 76.7 Å². The number of benzene rings is 2. The average Bonchev–Trinajstić information content (AvgIpc) is 2.97. The molecule has 1 N–H and O–H groups in total.